The molecule has 0 spiro atoms. The van der Waals surface area contributed by atoms with E-state index in [9.17, 15) is 9.59 Å². The number of esters is 1. The van der Waals surface area contributed by atoms with Crippen molar-refractivity contribution in [1.29, 1.82) is 0 Å². The number of ether oxygens (including phenoxy) is 1. The first-order valence-electron chi connectivity index (χ1n) is 5.66. The smallest absolute Gasteiger partial charge is 0.306 e. The van der Waals surface area contributed by atoms with Gasteiger partial charge in [-0.3, -0.25) is 9.59 Å². The molecule has 0 saturated carbocycles. The minimum Gasteiger partial charge on any atom is -0.466 e. The van der Waals surface area contributed by atoms with E-state index in [1.165, 1.54) is 0 Å². The molecule has 0 aromatic heterocycles. The molecule has 0 fully saturated rings. The molecule has 0 aliphatic carbocycles. The average molecular weight is 230 g/mol. The Bertz CT molecular complexity index is 219. The predicted molar refractivity (Wildman–Crippen MR) is 62.0 cm³/mol. The molecule has 0 aromatic carbocycles. The van der Waals surface area contributed by atoms with Crippen molar-refractivity contribution in [2.45, 2.75) is 26.2 Å². The second-order valence-corrected chi connectivity index (χ2v) is 3.58. The van der Waals surface area contributed by atoms with Crippen LogP contribution in [-0.4, -0.2) is 50.6 Å². The van der Waals surface area contributed by atoms with Gasteiger partial charge in [0.2, 0.25) is 5.91 Å². The van der Waals surface area contributed by atoms with E-state index in [-0.39, 0.29) is 24.7 Å². The number of hydrogen-bond acceptors (Lipinski definition) is 4. The molecule has 0 rings (SSSR count). The number of amides is 1. The lowest BCUT2D eigenvalue weighted by Gasteiger charge is -2.16. The van der Waals surface area contributed by atoms with Crippen molar-refractivity contribution in [1.82, 2.24) is 10.2 Å². The van der Waals surface area contributed by atoms with Crippen LogP contribution in [0.25, 0.3) is 0 Å². The summed E-state index contributed by atoms with van der Waals surface area (Å²) in [5, 5.41) is 3.02. The maximum absolute atomic E-state index is 11.5. The first kappa shape index (κ1) is 14.9. The van der Waals surface area contributed by atoms with Crippen molar-refractivity contribution in [2.75, 3.05) is 33.8 Å². The van der Waals surface area contributed by atoms with Gasteiger partial charge in [0.1, 0.15) is 0 Å². The van der Waals surface area contributed by atoms with Gasteiger partial charge < -0.3 is 15.0 Å². The minimum atomic E-state index is -0.306. The normalized spacial score (nSPS) is 9.94. The third-order valence-corrected chi connectivity index (χ3v) is 2.19. The molecule has 0 aliphatic heterocycles. The monoisotopic (exact) mass is 230 g/mol. The van der Waals surface area contributed by atoms with Crippen molar-refractivity contribution >= 4 is 11.9 Å². The second-order valence-electron chi connectivity index (χ2n) is 3.58. The molecule has 0 aliphatic rings. The van der Waals surface area contributed by atoms with Crippen molar-refractivity contribution in [3.8, 4) is 0 Å². The highest BCUT2D eigenvalue weighted by molar-refractivity contribution is 5.81. The zero-order valence-electron chi connectivity index (χ0n) is 10.4. The van der Waals surface area contributed by atoms with Gasteiger partial charge in [-0.05, 0) is 26.9 Å². The molecule has 1 N–H and O–H groups in total. The van der Waals surface area contributed by atoms with E-state index in [0.717, 1.165) is 13.0 Å². The minimum absolute atomic E-state index is 0.0100. The Kier molecular flexibility index (Phi) is 8.52. The van der Waals surface area contributed by atoms with Gasteiger partial charge in [-0.2, -0.15) is 0 Å². The maximum atomic E-state index is 11.5. The van der Waals surface area contributed by atoms with E-state index in [2.05, 4.69) is 5.32 Å². The summed E-state index contributed by atoms with van der Waals surface area (Å²) in [4.78, 5) is 24.2. The summed E-state index contributed by atoms with van der Waals surface area (Å²) in [5.74, 6) is -0.316. The van der Waals surface area contributed by atoms with Crippen LogP contribution in [0.2, 0.25) is 0 Å². The molecule has 0 bridgehead atoms. The quantitative estimate of drug-likeness (QED) is 0.484. The predicted octanol–water partition coefficient (Wildman–Crippen LogP) is 0.398. The molecule has 0 heterocycles. The fourth-order valence-electron chi connectivity index (χ4n) is 1.25. The number of carbonyl (C=O) groups is 2. The van der Waals surface area contributed by atoms with E-state index >= 15 is 0 Å². The Hall–Kier alpha value is -1.10. The molecule has 5 heteroatoms. The molecule has 0 radical (unpaired) electrons. The highest BCUT2D eigenvalue weighted by Crippen LogP contribution is 1.98. The molecule has 16 heavy (non-hydrogen) atoms. The molecule has 1 amide bonds. The molecule has 94 valence electrons. The standard InChI is InChI=1S/C11H22N2O3/c1-4-16-11(15)7-6-10(14)13(3)9-5-8-12-2/h12H,4-9H2,1-3H3. The Morgan fingerprint density at radius 3 is 2.56 bits per heavy atom. The van der Waals surface area contributed by atoms with Crippen LogP contribution in [0.15, 0.2) is 0 Å². The zero-order chi connectivity index (χ0) is 12.4. The lowest BCUT2D eigenvalue weighted by atomic mass is 10.2. The van der Waals surface area contributed by atoms with Crippen LogP contribution < -0.4 is 5.32 Å². The number of carbonyl (C=O) groups excluding carboxylic acids is 2. The summed E-state index contributed by atoms with van der Waals surface area (Å²) in [5.41, 5.74) is 0. The van der Waals surface area contributed by atoms with Gasteiger partial charge in [-0.15, -0.1) is 0 Å². The molecular weight excluding hydrogens is 208 g/mol. The highest BCUT2D eigenvalue weighted by Gasteiger charge is 2.11. The Balaban J connectivity index is 3.66. The summed E-state index contributed by atoms with van der Waals surface area (Å²) in [6.07, 6.45) is 1.32. The summed E-state index contributed by atoms with van der Waals surface area (Å²) in [6.45, 7) is 3.71. The van der Waals surface area contributed by atoms with Gasteiger partial charge in [0, 0.05) is 20.0 Å². The van der Waals surface area contributed by atoms with Gasteiger partial charge >= 0.3 is 5.97 Å². The van der Waals surface area contributed by atoms with Crippen LogP contribution in [0.1, 0.15) is 26.2 Å². The van der Waals surface area contributed by atoms with Crippen LogP contribution in [0.3, 0.4) is 0 Å². The Labute approximate surface area is 97.1 Å². The van der Waals surface area contributed by atoms with Crippen LogP contribution in [0.5, 0.6) is 0 Å². The lowest BCUT2D eigenvalue weighted by Crippen LogP contribution is -2.29. The lowest BCUT2D eigenvalue weighted by molar-refractivity contribution is -0.145. The summed E-state index contributed by atoms with van der Waals surface area (Å²) in [6, 6.07) is 0. The fraction of sp³-hybridized carbons (Fsp3) is 0.818. The second kappa shape index (κ2) is 9.15. The molecule has 5 nitrogen and oxygen atoms in total. The van der Waals surface area contributed by atoms with Crippen molar-refractivity contribution in [3.05, 3.63) is 0 Å². The first-order valence-corrected chi connectivity index (χ1v) is 5.66. The summed E-state index contributed by atoms with van der Waals surface area (Å²) < 4.78 is 4.75. The number of rotatable bonds is 8. The van der Waals surface area contributed by atoms with Crippen LogP contribution in [0, 0.1) is 0 Å². The summed E-state index contributed by atoms with van der Waals surface area (Å²) in [7, 11) is 3.63. The van der Waals surface area contributed by atoms with E-state index in [4.69, 9.17) is 4.74 Å². The third kappa shape index (κ3) is 7.23. The van der Waals surface area contributed by atoms with Crippen molar-refractivity contribution in [2.24, 2.45) is 0 Å². The highest BCUT2D eigenvalue weighted by atomic mass is 16.5. The van der Waals surface area contributed by atoms with Crippen LogP contribution in [-0.2, 0) is 14.3 Å². The molecular formula is C11H22N2O3. The number of nitrogens with one attached hydrogen (secondary N) is 1. The Morgan fingerprint density at radius 2 is 2.00 bits per heavy atom. The first-order chi connectivity index (χ1) is 7.61. The Morgan fingerprint density at radius 1 is 1.31 bits per heavy atom. The fourth-order valence-corrected chi connectivity index (χ4v) is 1.25. The zero-order valence-corrected chi connectivity index (χ0v) is 10.4. The third-order valence-electron chi connectivity index (χ3n) is 2.19. The van der Waals surface area contributed by atoms with E-state index in [1.807, 2.05) is 7.05 Å². The van der Waals surface area contributed by atoms with Crippen LogP contribution >= 0.6 is 0 Å². The van der Waals surface area contributed by atoms with Gasteiger partial charge in [0.25, 0.3) is 0 Å². The summed E-state index contributed by atoms with van der Waals surface area (Å²) >= 11 is 0. The van der Waals surface area contributed by atoms with Crippen molar-refractivity contribution < 1.29 is 14.3 Å². The largest absolute Gasteiger partial charge is 0.466 e. The van der Waals surface area contributed by atoms with Crippen molar-refractivity contribution in [3.63, 3.8) is 0 Å². The molecule has 0 aromatic rings. The molecule has 0 atom stereocenters. The number of nitrogens with zero attached hydrogens (tertiary/aromatic N) is 1. The molecule has 0 saturated heterocycles. The topological polar surface area (TPSA) is 58.6 Å². The van der Waals surface area contributed by atoms with E-state index < -0.39 is 0 Å². The van der Waals surface area contributed by atoms with Gasteiger partial charge in [-0.25, -0.2) is 0 Å². The van der Waals surface area contributed by atoms with E-state index in [0.29, 0.717) is 13.2 Å². The SMILES string of the molecule is CCOC(=O)CCC(=O)N(C)CCCNC. The van der Waals surface area contributed by atoms with Gasteiger partial charge in [0.05, 0.1) is 13.0 Å². The maximum Gasteiger partial charge on any atom is 0.306 e. The average Bonchev–Trinajstić information content (AvgIpc) is 2.26. The molecule has 0 unspecified atom stereocenters. The number of hydrogen-bond donors (Lipinski definition) is 1. The van der Waals surface area contributed by atoms with Crippen LogP contribution in [0.4, 0.5) is 0 Å². The van der Waals surface area contributed by atoms with Gasteiger partial charge in [0.15, 0.2) is 0 Å². The van der Waals surface area contributed by atoms with Gasteiger partial charge in [-0.1, -0.05) is 0 Å². The van der Waals surface area contributed by atoms with E-state index in [1.54, 1.807) is 18.9 Å².